The molecule has 36 heavy (non-hydrogen) atoms. The number of aryl methyl sites for hydroxylation is 1. The highest BCUT2D eigenvalue weighted by Crippen LogP contribution is 2.38. The molecule has 2 N–H and O–H groups in total. The Hall–Kier alpha value is -4.10. The van der Waals surface area contributed by atoms with Crippen molar-refractivity contribution in [1.29, 1.82) is 0 Å². The van der Waals surface area contributed by atoms with Gasteiger partial charge in [0.15, 0.2) is 0 Å². The lowest BCUT2D eigenvalue weighted by Crippen LogP contribution is -1.88. The lowest BCUT2D eigenvalue weighted by molar-refractivity contribution is 0.795. The van der Waals surface area contributed by atoms with E-state index >= 15 is 0 Å². The third-order valence-electron chi connectivity index (χ3n) is 6.91. The first kappa shape index (κ1) is 21.2. The fraction of sp³-hybridized carbons (Fsp3) is 0.172. The van der Waals surface area contributed by atoms with E-state index in [-0.39, 0.29) is 0 Å². The predicted octanol–water partition coefficient (Wildman–Crippen LogP) is 7.62. The van der Waals surface area contributed by atoms with Gasteiger partial charge in [-0.25, -0.2) is 9.97 Å². The number of hydrogen-bond donors (Lipinski definition) is 2. The summed E-state index contributed by atoms with van der Waals surface area (Å²) in [6.07, 6.45) is 6.47. The van der Waals surface area contributed by atoms with Crippen LogP contribution in [0, 0.1) is 0 Å². The van der Waals surface area contributed by atoms with Crippen LogP contribution in [0.15, 0.2) is 61.1 Å². The molecule has 3 aromatic carbocycles. The van der Waals surface area contributed by atoms with E-state index in [0.717, 1.165) is 56.3 Å². The molecule has 0 bridgehead atoms. The highest BCUT2D eigenvalue weighted by molar-refractivity contribution is 7.22. The predicted molar refractivity (Wildman–Crippen MR) is 149 cm³/mol. The van der Waals surface area contributed by atoms with Gasteiger partial charge in [0.1, 0.15) is 11.6 Å². The Morgan fingerprint density at radius 2 is 1.64 bits per heavy atom. The molecule has 176 valence electrons. The molecule has 0 aliphatic carbocycles. The topological polar surface area (TPSA) is 83.1 Å². The van der Waals surface area contributed by atoms with Gasteiger partial charge in [0, 0.05) is 33.2 Å². The van der Waals surface area contributed by atoms with Crippen LogP contribution in [-0.2, 0) is 6.42 Å². The van der Waals surface area contributed by atoms with Gasteiger partial charge < -0.3 is 9.97 Å². The lowest BCUT2D eigenvalue weighted by Gasteiger charge is -2.08. The molecule has 7 rings (SSSR count). The molecule has 7 aromatic rings. The fourth-order valence-electron chi connectivity index (χ4n) is 4.97. The monoisotopic (exact) mass is 488 g/mol. The van der Waals surface area contributed by atoms with Gasteiger partial charge in [-0.05, 0) is 40.1 Å². The SMILES string of the molecule is CCc1nc2c3cnncc3c3cc(-c4ccc5cc(-c6cnc(C(C)C)[nH]6)sc5c4)ccc3c2[nH]1. The molecule has 4 heterocycles. The van der Waals surface area contributed by atoms with E-state index in [1.54, 1.807) is 11.3 Å². The van der Waals surface area contributed by atoms with Crippen LogP contribution in [0.4, 0.5) is 0 Å². The average molecular weight is 489 g/mol. The Morgan fingerprint density at radius 1 is 0.833 bits per heavy atom. The number of aromatic nitrogens is 6. The van der Waals surface area contributed by atoms with Crippen LogP contribution in [-0.4, -0.2) is 30.1 Å². The fourth-order valence-corrected chi connectivity index (χ4v) is 6.03. The normalized spacial score (nSPS) is 12.1. The minimum absolute atomic E-state index is 0.381. The molecular formula is C29H24N6S. The number of imidazole rings is 2. The van der Waals surface area contributed by atoms with E-state index in [4.69, 9.17) is 4.98 Å². The van der Waals surface area contributed by atoms with E-state index in [1.165, 1.54) is 26.1 Å². The standard InChI is InChI=1S/C29H24N6S/c1-4-26-34-27-19-8-7-16(9-20(19)21-12-31-32-13-22(21)28(27)35-26)17-5-6-18-11-25(36-24(18)10-17)23-14-30-29(33-23)15(2)3/h5-15H,4H2,1-3H3,(H,30,33)(H,34,35). The zero-order valence-corrected chi connectivity index (χ0v) is 21.1. The first-order valence-corrected chi connectivity index (χ1v) is 13.0. The maximum atomic E-state index is 4.83. The second kappa shape index (κ2) is 7.96. The number of rotatable bonds is 4. The van der Waals surface area contributed by atoms with Gasteiger partial charge in [0.05, 0.1) is 40.2 Å². The number of thiophene rings is 1. The summed E-state index contributed by atoms with van der Waals surface area (Å²) in [5.74, 6) is 2.39. The summed E-state index contributed by atoms with van der Waals surface area (Å²) in [6, 6.07) is 15.6. The number of benzene rings is 3. The summed E-state index contributed by atoms with van der Waals surface area (Å²) in [5.41, 5.74) is 5.47. The van der Waals surface area contributed by atoms with E-state index in [1.807, 2.05) is 18.6 Å². The third kappa shape index (κ3) is 3.23. The van der Waals surface area contributed by atoms with E-state index in [9.17, 15) is 0 Å². The van der Waals surface area contributed by atoms with Gasteiger partial charge in [0.2, 0.25) is 0 Å². The van der Waals surface area contributed by atoms with Gasteiger partial charge in [-0.1, -0.05) is 45.0 Å². The van der Waals surface area contributed by atoms with Crippen molar-refractivity contribution in [3.63, 3.8) is 0 Å². The summed E-state index contributed by atoms with van der Waals surface area (Å²) >= 11 is 1.79. The van der Waals surface area contributed by atoms with Crippen LogP contribution in [0.5, 0.6) is 0 Å². The first-order chi connectivity index (χ1) is 17.6. The lowest BCUT2D eigenvalue weighted by atomic mass is 9.97. The molecular weight excluding hydrogens is 464 g/mol. The Kier molecular flexibility index (Phi) is 4.69. The summed E-state index contributed by atoms with van der Waals surface area (Å²) in [6.45, 7) is 6.42. The van der Waals surface area contributed by atoms with Gasteiger partial charge in [-0.3, -0.25) is 0 Å². The van der Waals surface area contributed by atoms with Gasteiger partial charge in [-0.15, -0.1) is 11.3 Å². The third-order valence-corrected chi connectivity index (χ3v) is 8.04. The second-order valence-electron chi connectivity index (χ2n) is 9.54. The minimum atomic E-state index is 0.381. The quantitative estimate of drug-likeness (QED) is 0.250. The van der Waals surface area contributed by atoms with Crippen LogP contribution in [0.3, 0.4) is 0 Å². The Morgan fingerprint density at radius 3 is 2.44 bits per heavy atom. The molecule has 0 saturated heterocycles. The van der Waals surface area contributed by atoms with Gasteiger partial charge >= 0.3 is 0 Å². The molecule has 0 radical (unpaired) electrons. The minimum Gasteiger partial charge on any atom is -0.341 e. The Balaban J connectivity index is 1.38. The number of hydrogen-bond acceptors (Lipinski definition) is 5. The van der Waals surface area contributed by atoms with E-state index < -0.39 is 0 Å². The van der Waals surface area contributed by atoms with Crippen molar-refractivity contribution < 1.29 is 0 Å². The summed E-state index contributed by atoms with van der Waals surface area (Å²) in [7, 11) is 0. The molecule has 0 unspecified atom stereocenters. The number of aromatic amines is 2. The zero-order valence-electron chi connectivity index (χ0n) is 20.3. The van der Waals surface area contributed by atoms with Crippen LogP contribution in [0.1, 0.15) is 38.3 Å². The van der Waals surface area contributed by atoms with Crippen molar-refractivity contribution in [2.45, 2.75) is 33.1 Å². The number of H-pyrrole nitrogens is 2. The van der Waals surface area contributed by atoms with Crippen molar-refractivity contribution in [1.82, 2.24) is 30.1 Å². The van der Waals surface area contributed by atoms with Crippen molar-refractivity contribution >= 4 is 54.0 Å². The molecule has 0 fully saturated rings. The van der Waals surface area contributed by atoms with Crippen LogP contribution in [0.2, 0.25) is 0 Å². The second-order valence-corrected chi connectivity index (χ2v) is 10.6. The molecule has 0 amide bonds. The first-order valence-electron chi connectivity index (χ1n) is 12.2. The van der Waals surface area contributed by atoms with Crippen molar-refractivity contribution in [3.8, 4) is 21.7 Å². The molecule has 0 atom stereocenters. The van der Waals surface area contributed by atoms with Gasteiger partial charge in [-0.2, -0.15) is 10.2 Å². The molecule has 0 aliphatic heterocycles. The molecule has 0 saturated carbocycles. The summed E-state index contributed by atoms with van der Waals surface area (Å²) in [5, 5.41) is 14.0. The Bertz CT molecular complexity index is 1920. The summed E-state index contributed by atoms with van der Waals surface area (Å²) < 4.78 is 1.26. The van der Waals surface area contributed by atoms with E-state index in [2.05, 4.69) is 88.4 Å². The Labute approximate surface area is 211 Å². The maximum absolute atomic E-state index is 4.83. The molecule has 7 heteroatoms. The zero-order chi connectivity index (χ0) is 24.4. The molecule has 0 aliphatic rings. The summed E-state index contributed by atoms with van der Waals surface area (Å²) in [4.78, 5) is 17.6. The largest absolute Gasteiger partial charge is 0.341 e. The van der Waals surface area contributed by atoms with Crippen molar-refractivity contribution in [3.05, 3.63) is 72.7 Å². The number of fused-ring (bicyclic) bond motifs is 7. The van der Waals surface area contributed by atoms with Crippen molar-refractivity contribution in [2.24, 2.45) is 0 Å². The molecule has 6 nitrogen and oxygen atoms in total. The van der Waals surface area contributed by atoms with E-state index in [0.29, 0.717) is 5.92 Å². The van der Waals surface area contributed by atoms with Crippen LogP contribution in [0.25, 0.3) is 64.4 Å². The number of nitrogens with zero attached hydrogens (tertiary/aromatic N) is 4. The smallest absolute Gasteiger partial charge is 0.109 e. The molecule has 4 aromatic heterocycles. The average Bonchev–Trinajstić information content (AvgIpc) is 3.66. The molecule has 0 spiro atoms. The van der Waals surface area contributed by atoms with Gasteiger partial charge in [0.25, 0.3) is 0 Å². The van der Waals surface area contributed by atoms with Crippen LogP contribution >= 0.6 is 11.3 Å². The number of nitrogens with one attached hydrogen (secondary N) is 2. The highest BCUT2D eigenvalue weighted by atomic mass is 32.1. The maximum Gasteiger partial charge on any atom is 0.109 e. The van der Waals surface area contributed by atoms with Crippen LogP contribution < -0.4 is 0 Å². The highest BCUT2D eigenvalue weighted by Gasteiger charge is 2.15. The van der Waals surface area contributed by atoms with Crippen molar-refractivity contribution in [2.75, 3.05) is 0 Å².